The zero-order valence-corrected chi connectivity index (χ0v) is 18.5. The van der Waals surface area contributed by atoms with Gasteiger partial charge < -0.3 is 10.4 Å². The highest BCUT2D eigenvalue weighted by molar-refractivity contribution is 6.27. The molecule has 1 aliphatic rings. The van der Waals surface area contributed by atoms with Crippen LogP contribution < -0.4 is 5.32 Å². The summed E-state index contributed by atoms with van der Waals surface area (Å²) in [6.07, 6.45) is 13.2. The Kier molecular flexibility index (Phi) is 10.2. The molecule has 0 atom stereocenters. The lowest BCUT2D eigenvalue weighted by atomic mass is 9.80. The first kappa shape index (κ1) is 23.1. The molecule has 4 heteroatoms. The summed E-state index contributed by atoms with van der Waals surface area (Å²) in [4.78, 5) is 11.5. The summed E-state index contributed by atoms with van der Waals surface area (Å²) in [5.41, 5.74) is 3.66. The number of carbonyl (C=O) groups excluding carboxylic acids is 1. The lowest BCUT2D eigenvalue weighted by molar-refractivity contribution is -0.119. The Labute approximate surface area is 176 Å². The normalized spacial score (nSPS) is 19.5. The number of hydrogen-bond acceptors (Lipinski definition) is 2. The summed E-state index contributed by atoms with van der Waals surface area (Å²) in [6.45, 7) is 4.43. The van der Waals surface area contributed by atoms with Gasteiger partial charge in [0.2, 0.25) is 5.91 Å². The minimum atomic E-state index is -0.0637. The number of aromatic hydroxyl groups is 1. The molecule has 3 nitrogen and oxygen atoms in total. The third-order valence-corrected chi connectivity index (χ3v) is 6.32. The molecule has 0 aliphatic heterocycles. The van der Waals surface area contributed by atoms with Crippen LogP contribution in [0, 0.1) is 0 Å². The number of carbonyl (C=O) groups is 1. The molecule has 0 bridgehead atoms. The molecule has 0 heterocycles. The molecule has 1 aromatic rings. The Balaban J connectivity index is 2.10. The van der Waals surface area contributed by atoms with Gasteiger partial charge in [-0.3, -0.25) is 4.79 Å². The number of amides is 1. The second-order valence-electron chi connectivity index (χ2n) is 8.35. The maximum Gasteiger partial charge on any atom is 0.235 e. The number of rotatable bonds is 11. The predicted octanol–water partition coefficient (Wildman–Crippen LogP) is 6.24. The topological polar surface area (TPSA) is 49.3 Å². The number of benzene rings is 1. The molecule has 28 heavy (non-hydrogen) atoms. The van der Waals surface area contributed by atoms with E-state index in [4.69, 9.17) is 11.6 Å². The Morgan fingerprint density at radius 1 is 1.00 bits per heavy atom. The number of unbranched alkanes of at least 4 members (excludes halogenated alkanes) is 4. The van der Waals surface area contributed by atoms with E-state index >= 15 is 0 Å². The Bertz CT molecular complexity index is 578. The average molecular weight is 408 g/mol. The highest BCUT2D eigenvalue weighted by Gasteiger charge is 2.24. The number of hydrogen-bond donors (Lipinski definition) is 2. The highest BCUT2D eigenvalue weighted by atomic mass is 35.5. The monoisotopic (exact) mass is 407 g/mol. The van der Waals surface area contributed by atoms with Crippen molar-refractivity contribution >= 4 is 17.5 Å². The summed E-state index contributed by atoms with van der Waals surface area (Å²) >= 11 is 5.61. The van der Waals surface area contributed by atoms with E-state index < -0.39 is 0 Å². The molecule has 0 radical (unpaired) electrons. The summed E-state index contributed by atoms with van der Waals surface area (Å²) in [7, 11) is 0. The number of alkyl halides is 1. The van der Waals surface area contributed by atoms with Crippen molar-refractivity contribution in [1.29, 1.82) is 0 Å². The molecule has 2 rings (SSSR count). The summed E-state index contributed by atoms with van der Waals surface area (Å²) in [5.74, 6) is 1.05. The molecule has 1 amide bonds. The van der Waals surface area contributed by atoms with Crippen LogP contribution in [-0.4, -0.2) is 22.9 Å². The standard InChI is InChI=1S/C24H38ClNO2/c1-3-5-7-9-19-15-21(16-20(24(19)28)10-8-6-4-2)18-11-13-22(14-12-18)26-23(27)17-25/h15-16,18,22,28H,3-14,17H2,1-2H3,(H,26,27). The van der Waals surface area contributed by atoms with Gasteiger partial charge in [-0.25, -0.2) is 0 Å². The van der Waals surface area contributed by atoms with Crippen LogP contribution in [0.1, 0.15) is 101 Å². The van der Waals surface area contributed by atoms with Crippen LogP contribution in [0.5, 0.6) is 5.75 Å². The van der Waals surface area contributed by atoms with E-state index in [2.05, 4.69) is 31.3 Å². The van der Waals surface area contributed by atoms with Crippen molar-refractivity contribution in [2.75, 3.05) is 5.88 Å². The first-order valence-electron chi connectivity index (χ1n) is 11.3. The summed E-state index contributed by atoms with van der Waals surface area (Å²) in [5, 5.41) is 13.8. The van der Waals surface area contributed by atoms with Crippen molar-refractivity contribution in [1.82, 2.24) is 5.32 Å². The van der Waals surface area contributed by atoms with Crippen LogP contribution in [0.2, 0.25) is 0 Å². The predicted molar refractivity (Wildman–Crippen MR) is 118 cm³/mol. The van der Waals surface area contributed by atoms with E-state index in [0.29, 0.717) is 11.7 Å². The number of phenols is 1. The quantitative estimate of drug-likeness (QED) is 0.337. The van der Waals surface area contributed by atoms with Crippen LogP contribution in [0.3, 0.4) is 0 Å². The average Bonchev–Trinajstić information content (AvgIpc) is 2.71. The van der Waals surface area contributed by atoms with Crippen molar-refractivity contribution in [3.63, 3.8) is 0 Å². The summed E-state index contributed by atoms with van der Waals surface area (Å²) < 4.78 is 0. The molecular formula is C24H38ClNO2. The maximum absolute atomic E-state index is 11.5. The van der Waals surface area contributed by atoms with Crippen LogP contribution in [0.4, 0.5) is 0 Å². The summed E-state index contributed by atoms with van der Waals surface area (Å²) in [6, 6.07) is 4.78. The van der Waals surface area contributed by atoms with Gasteiger partial charge in [0.15, 0.2) is 0 Å². The van der Waals surface area contributed by atoms with E-state index in [9.17, 15) is 9.90 Å². The Morgan fingerprint density at radius 2 is 1.54 bits per heavy atom. The van der Waals surface area contributed by atoms with E-state index in [1.165, 1.54) is 31.2 Å². The minimum absolute atomic E-state index is 0.0418. The first-order chi connectivity index (χ1) is 13.6. The maximum atomic E-state index is 11.5. The number of phenolic OH excluding ortho intramolecular Hbond substituents is 1. The van der Waals surface area contributed by atoms with Crippen molar-refractivity contribution in [3.8, 4) is 5.75 Å². The van der Waals surface area contributed by atoms with Gasteiger partial charge >= 0.3 is 0 Å². The SMILES string of the molecule is CCCCCc1cc(C2CCC(NC(=O)CCl)CC2)cc(CCCCC)c1O. The first-order valence-corrected chi connectivity index (χ1v) is 11.8. The molecule has 158 valence electrons. The van der Waals surface area contributed by atoms with E-state index in [1.54, 1.807) is 0 Å². The molecule has 0 spiro atoms. The number of aryl methyl sites for hydroxylation is 2. The van der Waals surface area contributed by atoms with Gasteiger partial charge in [-0.2, -0.15) is 0 Å². The van der Waals surface area contributed by atoms with E-state index in [1.807, 2.05) is 0 Å². The van der Waals surface area contributed by atoms with Crippen LogP contribution >= 0.6 is 11.6 Å². The highest BCUT2D eigenvalue weighted by Crippen LogP contribution is 2.37. The van der Waals surface area contributed by atoms with Crippen molar-refractivity contribution in [2.45, 2.75) is 103 Å². The van der Waals surface area contributed by atoms with Gasteiger partial charge in [-0.1, -0.05) is 51.7 Å². The van der Waals surface area contributed by atoms with Crippen LogP contribution in [0.25, 0.3) is 0 Å². The largest absolute Gasteiger partial charge is 0.507 e. The van der Waals surface area contributed by atoms with Crippen molar-refractivity contribution in [3.05, 3.63) is 28.8 Å². The van der Waals surface area contributed by atoms with Gasteiger partial charge in [0.25, 0.3) is 0 Å². The molecule has 0 saturated heterocycles. The molecule has 1 aromatic carbocycles. The van der Waals surface area contributed by atoms with Crippen molar-refractivity contribution < 1.29 is 9.90 Å². The lowest BCUT2D eigenvalue weighted by Gasteiger charge is -2.30. The molecule has 1 saturated carbocycles. The van der Waals surface area contributed by atoms with Gasteiger partial charge in [0.1, 0.15) is 11.6 Å². The Morgan fingerprint density at radius 3 is 2.00 bits per heavy atom. The third kappa shape index (κ3) is 6.99. The van der Waals surface area contributed by atoms with E-state index in [-0.39, 0.29) is 17.8 Å². The fraction of sp³-hybridized carbons (Fsp3) is 0.708. The zero-order chi connectivity index (χ0) is 20.4. The molecule has 0 unspecified atom stereocenters. The molecule has 0 aromatic heterocycles. The minimum Gasteiger partial charge on any atom is -0.507 e. The van der Waals surface area contributed by atoms with Crippen LogP contribution in [0.15, 0.2) is 12.1 Å². The van der Waals surface area contributed by atoms with Gasteiger partial charge in [0, 0.05) is 6.04 Å². The molecule has 1 fully saturated rings. The van der Waals surface area contributed by atoms with Crippen LogP contribution in [-0.2, 0) is 17.6 Å². The van der Waals surface area contributed by atoms with Gasteiger partial charge in [0.05, 0.1) is 0 Å². The fourth-order valence-electron chi connectivity index (χ4n) is 4.37. The number of halogens is 1. The lowest BCUT2D eigenvalue weighted by Crippen LogP contribution is -2.38. The third-order valence-electron chi connectivity index (χ3n) is 6.07. The smallest absolute Gasteiger partial charge is 0.235 e. The number of nitrogens with one attached hydrogen (secondary N) is 1. The van der Waals surface area contributed by atoms with Gasteiger partial charge in [-0.15, -0.1) is 11.6 Å². The van der Waals surface area contributed by atoms with Crippen molar-refractivity contribution in [2.24, 2.45) is 0 Å². The fourth-order valence-corrected chi connectivity index (χ4v) is 4.45. The Hall–Kier alpha value is -1.22. The molecule has 1 aliphatic carbocycles. The van der Waals surface area contributed by atoms with E-state index in [0.717, 1.165) is 62.5 Å². The zero-order valence-electron chi connectivity index (χ0n) is 17.7. The molecule has 2 N–H and O–H groups in total. The second kappa shape index (κ2) is 12.4. The molecular weight excluding hydrogens is 370 g/mol. The van der Waals surface area contributed by atoms with Gasteiger partial charge in [-0.05, 0) is 74.0 Å². The second-order valence-corrected chi connectivity index (χ2v) is 8.62.